The van der Waals surface area contributed by atoms with Gasteiger partial charge in [-0.2, -0.15) is 0 Å². The summed E-state index contributed by atoms with van der Waals surface area (Å²) in [7, 11) is 1.27. The summed E-state index contributed by atoms with van der Waals surface area (Å²) in [5, 5.41) is 2.57. The predicted molar refractivity (Wildman–Crippen MR) is 98.3 cm³/mol. The number of likely N-dealkylation sites (tertiary alicyclic amines) is 1. The number of piperidine rings is 1. The monoisotopic (exact) mass is 414 g/mol. The molecule has 0 aromatic heterocycles. The number of ether oxygens (including phenoxy) is 2. The van der Waals surface area contributed by atoms with Crippen molar-refractivity contribution in [1.29, 1.82) is 0 Å². The molecule has 2 fully saturated rings. The first-order chi connectivity index (χ1) is 13.7. The van der Waals surface area contributed by atoms with Gasteiger partial charge in [0, 0.05) is 25.0 Å². The van der Waals surface area contributed by atoms with Crippen molar-refractivity contribution in [3.8, 4) is 5.75 Å². The number of alkyl halides is 3. The molecule has 6 nitrogen and oxygen atoms in total. The number of nitrogens with one attached hydrogen (secondary N) is 1. The molecule has 29 heavy (non-hydrogen) atoms. The number of nitrogens with zero attached hydrogens (tertiary/aromatic N) is 1. The lowest BCUT2D eigenvalue weighted by molar-refractivity contribution is -0.274. The summed E-state index contributed by atoms with van der Waals surface area (Å²) in [6.45, 7) is 3.20. The molecular formula is C20H25F3N2O4. The summed E-state index contributed by atoms with van der Waals surface area (Å²) in [6, 6.07) is 6.16. The number of fused-ring (bicyclic) bond motifs is 1. The second-order valence-electron chi connectivity index (χ2n) is 7.64. The van der Waals surface area contributed by atoms with E-state index in [1.165, 1.54) is 19.2 Å². The van der Waals surface area contributed by atoms with Crippen LogP contribution in [0.25, 0.3) is 0 Å². The van der Waals surface area contributed by atoms with Gasteiger partial charge < -0.3 is 19.7 Å². The number of benzene rings is 1. The Morgan fingerprint density at radius 1 is 1.38 bits per heavy atom. The fraction of sp³-hybridized carbons (Fsp3) is 0.600. The van der Waals surface area contributed by atoms with Crippen molar-refractivity contribution in [1.82, 2.24) is 10.2 Å². The van der Waals surface area contributed by atoms with E-state index < -0.39 is 12.5 Å². The Morgan fingerprint density at radius 2 is 2.14 bits per heavy atom. The number of hydrogen-bond donors (Lipinski definition) is 1. The predicted octanol–water partition coefficient (Wildman–Crippen LogP) is 3.46. The highest BCUT2D eigenvalue weighted by atomic mass is 19.4. The number of amides is 2. The van der Waals surface area contributed by atoms with Crippen molar-refractivity contribution >= 4 is 12.0 Å². The Bertz CT molecular complexity index is 770. The maximum Gasteiger partial charge on any atom is 0.573 e. The molecule has 9 heteroatoms. The molecule has 1 N–H and O–H groups in total. The van der Waals surface area contributed by atoms with E-state index in [9.17, 15) is 22.8 Å². The molecule has 3 unspecified atom stereocenters. The zero-order valence-electron chi connectivity index (χ0n) is 16.4. The highest BCUT2D eigenvalue weighted by molar-refractivity contribution is 5.80. The van der Waals surface area contributed by atoms with Crippen molar-refractivity contribution in [2.75, 3.05) is 26.7 Å². The number of hydrogen-bond acceptors (Lipinski definition) is 4. The van der Waals surface area contributed by atoms with Crippen LogP contribution in [0.5, 0.6) is 5.75 Å². The van der Waals surface area contributed by atoms with Crippen LogP contribution in [0.3, 0.4) is 0 Å². The van der Waals surface area contributed by atoms with Crippen LogP contribution in [-0.2, 0) is 14.9 Å². The fourth-order valence-corrected chi connectivity index (χ4v) is 4.26. The van der Waals surface area contributed by atoms with E-state index in [1.54, 1.807) is 11.0 Å². The summed E-state index contributed by atoms with van der Waals surface area (Å²) in [5.41, 5.74) is 0.643. The maximum atomic E-state index is 12.8. The normalized spacial score (nSPS) is 24.3. The topological polar surface area (TPSA) is 67.9 Å². The standard InChI is InChI=1S/C20H25F3N2O4/c1-3-13(11-24-18(27)28-2)17(26)25-8-7-19(10-15(19)12-25)14-5-4-6-16(9-14)29-20(21,22)23/h4-6,9,13,15H,3,7-8,10-12H2,1-2H3,(H,24,27). The number of rotatable bonds is 6. The average Bonchev–Trinajstić information content (AvgIpc) is 3.42. The third kappa shape index (κ3) is 4.76. The maximum absolute atomic E-state index is 12.8. The van der Waals surface area contributed by atoms with Gasteiger partial charge in [0.2, 0.25) is 5.91 Å². The fourth-order valence-electron chi connectivity index (χ4n) is 4.26. The molecule has 0 bridgehead atoms. The van der Waals surface area contributed by atoms with Crippen molar-refractivity contribution in [3.63, 3.8) is 0 Å². The minimum Gasteiger partial charge on any atom is -0.453 e. The van der Waals surface area contributed by atoms with E-state index in [0.29, 0.717) is 25.9 Å². The molecule has 3 atom stereocenters. The van der Waals surface area contributed by atoms with Crippen molar-refractivity contribution in [2.45, 2.75) is 38.0 Å². The molecular weight excluding hydrogens is 389 g/mol. The Balaban J connectivity index is 1.62. The van der Waals surface area contributed by atoms with Gasteiger partial charge in [-0.1, -0.05) is 19.1 Å². The molecule has 3 rings (SSSR count). The Hall–Kier alpha value is -2.45. The third-order valence-electron chi connectivity index (χ3n) is 5.98. The van der Waals surface area contributed by atoms with Gasteiger partial charge in [-0.3, -0.25) is 4.79 Å². The van der Waals surface area contributed by atoms with Crippen LogP contribution < -0.4 is 10.1 Å². The summed E-state index contributed by atoms with van der Waals surface area (Å²) in [5.74, 6) is -0.344. The zero-order valence-corrected chi connectivity index (χ0v) is 16.4. The smallest absolute Gasteiger partial charge is 0.453 e. The van der Waals surface area contributed by atoms with Crippen LogP contribution in [0, 0.1) is 11.8 Å². The van der Waals surface area contributed by atoms with Gasteiger partial charge in [-0.05, 0) is 42.9 Å². The molecule has 1 heterocycles. The lowest BCUT2D eigenvalue weighted by Gasteiger charge is -2.34. The molecule has 1 saturated carbocycles. The first kappa shape index (κ1) is 21.3. The number of carbonyl (C=O) groups excluding carboxylic acids is 2. The number of carbonyl (C=O) groups is 2. The highest BCUT2D eigenvalue weighted by Gasteiger charge is 2.58. The summed E-state index contributed by atoms with van der Waals surface area (Å²) >= 11 is 0. The summed E-state index contributed by atoms with van der Waals surface area (Å²) in [4.78, 5) is 25.9. The Morgan fingerprint density at radius 3 is 2.76 bits per heavy atom. The van der Waals surface area contributed by atoms with E-state index in [0.717, 1.165) is 12.0 Å². The first-order valence-electron chi connectivity index (χ1n) is 9.65. The molecule has 2 amide bonds. The van der Waals surface area contributed by atoms with Crippen molar-refractivity contribution in [3.05, 3.63) is 29.8 Å². The Labute approximate surface area is 167 Å². The van der Waals surface area contributed by atoms with Crippen molar-refractivity contribution < 1.29 is 32.2 Å². The van der Waals surface area contributed by atoms with Crippen molar-refractivity contribution in [2.24, 2.45) is 11.8 Å². The molecule has 0 spiro atoms. The molecule has 1 aliphatic carbocycles. The number of alkyl carbamates (subject to hydrolysis) is 1. The minimum absolute atomic E-state index is 0.0152. The quantitative estimate of drug-likeness (QED) is 0.774. The molecule has 1 saturated heterocycles. The van der Waals surface area contributed by atoms with Gasteiger partial charge in [-0.15, -0.1) is 13.2 Å². The lowest BCUT2D eigenvalue weighted by Crippen LogP contribution is -2.46. The van der Waals surface area contributed by atoms with Gasteiger partial charge in [0.25, 0.3) is 0 Å². The highest BCUT2D eigenvalue weighted by Crippen LogP contribution is 2.59. The average molecular weight is 414 g/mol. The largest absolute Gasteiger partial charge is 0.573 e. The van der Waals surface area contributed by atoms with E-state index in [-0.39, 0.29) is 35.5 Å². The zero-order chi connectivity index (χ0) is 21.2. The number of halogens is 3. The van der Waals surface area contributed by atoms with Gasteiger partial charge in [-0.25, -0.2) is 4.79 Å². The van der Waals surface area contributed by atoms with Gasteiger partial charge in [0.1, 0.15) is 5.75 Å². The van der Waals surface area contributed by atoms with Gasteiger partial charge in [0.05, 0.1) is 13.0 Å². The van der Waals surface area contributed by atoms with E-state index in [1.807, 2.05) is 13.0 Å². The molecule has 1 aliphatic heterocycles. The molecule has 1 aromatic rings. The van der Waals surface area contributed by atoms with E-state index in [2.05, 4.69) is 14.8 Å². The molecule has 160 valence electrons. The van der Waals surface area contributed by atoms with Gasteiger partial charge >= 0.3 is 12.5 Å². The van der Waals surface area contributed by atoms with Crippen LogP contribution in [0.2, 0.25) is 0 Å². The van der Waals surface area contributed by atoms with Crippen LogP contribution in [0.15, 0.2) is 24.3 Å². The van der Waals surface area contributed by atoms with E-state index >= 15 is 0 Å². The Kier molecular flexibility index (Phi) is 5.95. The van der Waals surface area contributed by atoms with Crippen LogP contribution in [0.4, 0.5) is 18.0 Å². The second kappa shape index (κ2) is 8.12. The van der Waals surface area contributed by atoms with Crippen LogP contribution >= 0.6 is 0 Å². The second-order valence-corrected chi connectivity index (χ2v) is 7.64. The number of methoxy groups -OCH3 is 1. The molecule has 0 radical (unpaired) electrons. The van der Waals surface area contributed by atoms with E-state index in [4.69, 9.17) is 0 Å². The SMILES string of the molecule is CCC(CNC(=O)OC)C(=O)N1CCC2(c3cccc(OC(F)(F)F)c3)CC2C1. The minimum atomic E-state index is -4.72. The van der Waals surface area contributed by atoms with Gasteiger partial charge in [0.15, 0.2) is 0 Å². The summed E-state index contributed by atoms with van der Waals surface area (Å²) in [6.07, 6.45) is -3.17. The summed E-state index contributed by atoms with van der Waals surface area (Å²) < 4.78 is 46.1. The lowest BCUT2D eigenvalue weighted by atomic mass is 9.86. The molecule has 2 aliphatic rings. The third-order valence-corrected chi connectivity index (χ3v) is 5.98. The van der Waals surface area contributed by atoms with Crippen LogP contribution in [0.1, 0.15) is 31.7 Å². The van der Waals surface area contributed by atoms with Crippen LogP contribution in [-0.4, -0.2) is 50.0 Å². The molecule has 1 aromatic carbocycles. The first-order valence-corrected chi connectivity index (χ1v) is 9.65.